The molecule has 91 heavy (non-hydrogen) atoms. The number of hydrogen-bond donors (Lipinski definition) is 8. The molecule has 8 aliphatic rings. The number of alkyl halides is 6. The molecule has 0 bridgehead atoms. The zero-order valence-corrected chi connectivity index (χ0v) is 51.8. The molecule has 2 aliphatic carbocycles. The summed E-state index contributed by atoms with van der Waals surface area (Å²) in [5, 5.41) is 27.2. The molecule has 4 amide bonds. The number of nitrogens with two attached hydrogens (primary N) is 1. The highest BCUT2D eigenvalue weighted by Gasteiger charge is 2.80. The number of Topliss-reactive ketones (excluding diaryl/α,β-unsaturated/α-hetero) is 1. The first-order valence-electron chi connectivity index (χ1n) is 29.7. The van der Waals surface area contributed by atoms with E-state index >= 15 is 8.78 Å². The van der Waals surface area contributed by atoms with Gasteiger partial charge in [-0.3, -0.25) is 57.0 Å². The molecule has 0 radical (unpaired) electrons. The summed E-state index contributed by atoms with van der Waals surface area (Å²) in [5.41, 5.74) is -1.46. The van der Waals surface area contributed by atoms with Crippen LogP contribution in [0.2, 0.25) is 20.1 Å². The number of amides is 4. The highest BCUT2D eigenvalue weighted by atomic mass is 35.5. The van der Waals surface area contributed by atoms with Crippen molar-refractivity contribution in [2.24, 2.45) is 22.5 Å². The van der Waals surface area contributed by atoms with Gasteiger partial charge in [0.25, 0.3) is 0 Å². The largest absolute Gasteiger partial charge is 0.480 e. The highest BCUT2D eigenvalue weighted by molar-refractivity contribution is 6.32. The third-order valence-electron chi connectivity index (χ3n) is 19.6. The van der Waals surface area contributed by atoms with Gasteiger partial charge in [-0.05, 0) is 116 Å². The van der Waals surface area contributed by atoms with Gasteiger partial charge in [0.1, 0.15) is 54.1 Å². The molecular formula is C63H67Cl4F8N7O9. The number of nitrogens with one attached hydrogen (secondary N) is 6. The maximum Gasteiger partial charge on any atom is 0.321 e. The molecule has 6 heterocycles. The predicted molar refractivity (Wildman–Crippen MR) is 323 cm³/mol. The topological polar surface area (TPSA) is 239 Å². The number of rotatable bonds is 16. The van der Waals surface area contributed by atoms with E-state index in [1.165, 1.54) is 42.5 Å². The monoisotopic (exact) mass is 1360 g/mol. The number of ether oxygens (including phenoxy) is 2. The number of carbonyl (C=O) groups excluding carboxylic acids is 5. The highest BCUT2D eigenvalue weighted by Crippen LogP contribution is 2.71. The van der Waals surface area contributed by atoms with Crippen LogP contribution in [0.4, 0.5) is 46.5 Å². The van der Waals surface area contributed by atoms with Crippen molar-refractivity contribution in [3.8, 4) is 0 Å². The summed E-state index contributed by atoms with van der Waals surface area (Å²) < 4.78 is 123. The molecule has 28 heteroatoms. The Morgan fingerprint density at radius 2 is 1.02 bits per heavy atom. The first-order valence-corrected chi connectivity index (χ1v) is 31.3. The average molecular weight is 1360 g/mol. The van der Waals surface area contributed by atoms with Gasteiger partial charge in [0, 0.05) is 80.7 Å². The number of anilines is 2. The fourth-order valence-electron chi connectivity index (χ4n) is 15.9. The minimum absolute atomic E-state index is 0.0201. The van der Waals surface area contributed by atoms with Crippen LogP contribution < -0.4 is 37.6 Å². The van der Waals surface area contributed by atoms with E-state index in [1.807, 2.05) is 0 Å². The molecule has 0 aromatic heterocycles. The second-order valence-electron chi connectivity index (χ2n) is 25.2. The number of halogens is 12. The van der Waals surface area contributed by atoms with Gasteiger partial charge < -0.3 is 41.6 Å². The van der Waals surface area contributed by atoms with Crippen molar-refractivity contribution in [2.45, 2.75) is 122 Å². The molecule has 6 fully saturated rings. The van der Waals surface area contributed by atoms with Crippen molar-refractivity contribution in [1.29, 1.82) is 0 Å². The number of ketones is 1. The number of aliphatic carboxylic acids is 1. The molecule has 4 spiro atoms. The van der Waals surface area contributed by atoms with E-state index in [-0.39, 0.29) is 96.6 Å². The third kappa shape index (κ3) is 11.8. The Balaban J connectivity index is 0.000000172. The van der Waals surface area contributed by atoms with Crippen LogP contribution >= 0.6 is 46.4 Å². The first-order chi connectivity index (χ1) is 43.4. The van der Waals surface area contributed by atoms with Crippen LogP contribution in [-0.2, 0) is 49.1 Å². The quantitative estimate of drug-likeness (QED) is 0.0490. The molecule has 4 saturated heterocycles. The Morgan fingerprint density at radius 3 is 1.42 bits per heavy atom. The minimum atomic E-state index is -1.66. The maximum absolute atomic E-state index is 16.0. The lowest BCUT2D eigenvalue weighted by Gasteiger charge is -2.59. The normalized spacial score (nSPS) is 28.9. The van der Waals surface area contributed by atoms with Gasteiger partial charge >= 0.3 is 5.97 Å². The molecule has 4 aromatic rings. The van der Waals surface area contributed by atoms with Crippen LogP contribution in [-0.4, -0.2) is 148 Å². The van der Waals surface area contributed by atoms with E-state index in [0.29, 0.717) is 58.4 Å². The molecule has 9 N–H and O–H groups in total. The molecule has 4 aromatic carbocycles. The minimum Gasteiger partial charge on any atom is -0.480 e. The Labute approximate surface area is 538 Å². The lowest BCUT2D eigenvalue weighted by Crippen LogP contribution is -2.70. The van der Waals surface area contributed by atoms with Gasteiger partial charge in [0.2, 0.25) is 23.6 Å². The molecule has 492 valence electrons. The fourth-order valence-corrected chi connectivity index (χ4v) is 16.6. The lowest BCUT2D eigenvalue weighted by atomic mass is 9.46. The Morgan fingerprint density at radius 1 is 0.593 bits per heavy atom. The summed E-state index contributed by atoms with van der Waals surface area (Å²) in [5.74, 6) is -7.71. The first kappa shape index (κ1) is 68.2. The second-order valence-corrected chi connectivity index (χ2v) is 26.9. The average Bonchev–Trinajstić information content (AvgIpc) is 1.52. The number of fused-ring (bicyclic) bond motifs is 6. The van der Waals surface area contributed by atoms with E-state index in [9.17, 15) is 60.2 Å². The summed E-state index contributed by atoms with van der Waals surface area (Å²) in [4.78, 5) is 78.3. The molecule has 6 aliphatic heterocycles. The van der Waals surface area contributed by atoms with Gasteiger partial charge in [-0.15, -0.1) is 0 Å². The number of carboxylic acid groups (broad SMARTS) is 1. The van der Waals surface area contributed by atoms with Crippen molar-refractivity contribution >= 4 is 93.2 Å². The number of carbonyl (C=O) groups is 6. The fraction of sp³-hybridized carbons (Fsp3) is 0.524. The van der Waals surface area contributed by atoms with Gasteiger partial charge in [-0.1, -0.05) is 82.8 Å². The Hall–Kier alpha value is -5.70. The second kappa shape index (κ2) is 27.0. The van der Waals surface area contributed by atoms with E-state index in [2.05, 4.69) is 31.9 Å². The third-order valence-corrected chi connectivity index (χ3v) is 20.7. The lowest BCUT2D eigenvalue weighted by molar-refractivity contribution is -0.140. The van der Waals surface area contributed by atoms with Gasteiger partial charge in [0.15, 0.2) is 5.78 Å². The molecule has 0 unspecified atom stereocenters. The van der Waals surface area contributed by atoms with Crippen LogP contribution in [0.1, 0.15) is 91.9 Å². The zero-order chi connectivity index (χ0) is 65.6. The van der Waals surface area contributed by atoms with Gasteiger partial charge in [-0.2, -0.15) is 0 Å². The van der Waals surface area contributed by atoms with E-state index in [1.54, 1.807) is 30.3 Å². The van der Waals surface area contributed by atoms with Crippen LogP contribution in [0, 0.1) is 28.4 Å². The molecule has 10 atom stereocenters. The number of hydrogen-bond acceptors (Lipinski definition) is 11. The van der Waals surface area contributed by atoms with Gasteiger partial charge in [0.05, 0.1) is 56.0 Å². The van der Waals surface area contributed by atoms with E-state index in [4.69, 9.17) is 61.6 Å². The summed E-state index contributed by atoms with van der Waals surface area (Å²) in [6.45, 7) is -4.66. The van der Waals surface area contributed by atoms with Crippen molar-refractivity contribution in [3.63, 3.8) is 0 Å². The molecule has 2 saturated carbocycles. The molecule has 12 rings (SSSR count). The van der Waals surface area contributed by atoms with Crippen LogP contribution in [0.5, 0.6) is 0 Å². The number of carboxylic acids is 1. The Kier molecular flexibility index (Phi) is 20.2. The van der Waals surface area contributed by atoms with Crippen LogP contribution in [0.15, 0.2) is 72.8 Å². The van der Waals surface area contributed by atoms with Crippen molar-refractivity contribution in [3.05, 3.63) is 127 Å². The van der Waals surface area contributed by atoms with Gasteiger partial charge in [-0.25, -0.2) is 17.6 Å². The smallest absolute Gasteiger partial charge is 0.321 e. The standard InChI is InChI=1S/C32H33Cl2F4N3O4.C23H19Cl2F3N2O3.C8H15FN2O2/c33-18-5-6-20-22(11-18)40-29(44)32(20)25(19-2-1-3-21(34)26(19)38)27(41-31(32)13-30(14-31,15-36)16-37)23(42)10-17-4-7-24(45-12-17)28(43)39-9-8-35;24-11-4-5-13-15(6-11)29-20(33)23(13)16(12-2-1-3-14(25)17(12)28)18(19(31)32)30-22(23)7-21(8-22,9-26)10-27;9-3-4-11-8(12)7-2-1-6(10)5-13-7/h1-3,5-6,11,17,24-25,27,41H,4,7-10,12-16H2,(H,39,43)(H,40,44);1-6,16,18,30H,7-10H2,(H,29,33)(H,31,32);6-7H,1-5,10H2,(H,11,12)/t17-,24-,25-,27-,32+;16-,18+,23+;6-,7+/m001/s1. The van der Waals surface area contributed by atoms with Crippen molar-refractivity contribution < 1.29 is 78.5 Å². The summed E-state index contributed by atoms with van der Waals surface area (Å²) >= 11 is 24.6. The molecule has 16 nitrogen and oxygen atoms in total. The predicted octanol–water partition coefficient (Wildman–Crippen LogP) is 9.58. The van der Waals surface area contributed by atoms with Crippen LogP contribution in [0.3, 0.4) is 0 Å². The van der Waals surface area contributed by atoms with Crippen LogP contribution in [0.25, 0.3) is 0 Å². The Bertz CT molecular complexity index is 3450. The zero-order valence-electron chi connectivity index (χ0n) is 48.8. The SMILES string of the molecule is N[C@@H]1CC[C@@H](C(=O)NCCF)OC1.O=C(NCCF)[C@@H]1CC[C@@H](CC(=O)[C@@H]2NC3(CC(CF)(CF)C3)[C@@]3(C(=O)Nc4cc(Cl)ccc43)[C@H]2c2cccc(Cl)c2F)CO1.O=C(O)[C@@H]1NC2(CC(CF)(CF)C2)[C@@]2(C(=O)Nc3cc(Cl)ccc32)[C@H]1c1cccc(Cl)c1F. The van der Waals surface area contributed by atoms with Crippen molar-refractivity contribution in [1.82, 2.24) is 21.3 Å². The molecular weight excluding hydrogens is 1290 g/mol. The summed E-state index contributed by atoms with van der Waals surface area (Å²) in [7, 11) is 0. The van der Waals surface area contributed by atoms with E-state index < -0.39 is 144 Å². The number of benzene rings is 4. The van der Waals surface area contributed by atoms with E-state index in [0.717, 1.165) is 6.42 Å². The summed E-state index contributed by atoms with van der Waals surface area (Å²) in [6, 6.07) is 15.5. The maximum atomic E-state index is 16.0. The van der Waals surface area contributed by atoms with Crippen molar-refractivity contribution in [2.75, 3.05) is 77.0 Å². The summed E-state index contributed by atoms with van der Waals surface area (Å²) in [6.07, 6.45) is 0.499.